The minimum atomic E-state index is -4.59. The molecule has 3 heterocycles. The van der Waals surface area contributed by atoms with Crippen LogP contribution in [-0.4, -0.2) is 52.4 Å². The number of aromatic nitrogens is 4. The van der Waals surface area contributed by atoms with Crippen molar-refractivity contribution in [2.24, 2.45) is 0 Å². The molecule has 0 unspecified atom stereocenters. The highest BCUT2D eigenvalue weighted by atomic mass is 19.4. The number of para-hydroxylation sites is 1. The van der Waals surface area contributed by atoms with E-state index >= 15 is 0 Å². The van der Waals surface area contributed by atoms with E-state index in [2.05, 4.69) is 25.5 Å². The summed E-state index contributed by atoms with van der Waals surface area (Å²) in [6.07, 6.45) is -3.12. The van der Waals surface area contributed by atoms with Crippen molar-refractivity contribution in [3.8, 4) is 11.4 Å². The Hall–Kier alpha value is -3.99. The number of alkyl halides is 3. The van der Waals surface area contributed by atoms with Gasteiger partial charge in [-0.25, -0.2) is 4.98 Å². The number of anilines is 2. The van der Waals surface area contributed by atoms with Crippen LogP contribution >= 0.6 is 0 Å². The average molecular weight is 468 g/mol. The Morgan fingerprint density at radius 3 is 2.65 bits per heavy atom. The van der Waals surface area contributed by atoms with Crippen LogP contribution in [0.5, 0.6) is 0 Å². The van der Waals surface area contributed by atoms with Gasteiger partial charge in [0.2, 0.25) is 0 Å². The predicted molar refractivity (Wildman–Crippen MR) is 120 cm³/mol. The van der Waals surface area contributed by atoms with Gasteiger partial charge in [-0.1, -0.05) is 6.07 Å². The molecule has 0 atom stereocenters. The summed E-state index contributed by atoms with van der Waals surface area (Å²) in [6, 6.07) is 12.2. The van der Waals surface area contributed by atoms with Crippen LogP contribution in [0.4, 0.5) is 24.7 Å². The molecule has 11 heteroatoms. The van der Waals surface area contributed by atoms with Crippen molar-refractivity contribution in [2.75, 3.05) is 36.5 Å². The van der Waals surface area contributed by atoms with Gasteiger partial charge in [-0.15, -0.1) is 5.10 Å². The number of nitrogens with zero attached hydrogens (tertiary/aromatic N) is 4. The number of carbonyl (C=O) groups excluding carboxylic acids is 1. The smallest absolute Gasteiger partial charge is 0.378 e. The molecule has 1 aliphatic heterocycles. The Balaban J connectivity index is 1.54. The second-order valence-electron chi connectivity index (χ2n) is 7.68. The number of halogens is 3. The van der Waals surface area contributed by atoms with Gasteiger partial charge in [-0.2, -0.15) is 18.3 Å². The molecular formula is C23H19F3N6O2. The molecule has 0 aliphatic carbocycles. The lowest BCUT2D eigenvalue weighted by Crippen LogP contribution is -2.36. The number of amides is 1. The summed E-state index contributed by atoms with van der Waals surface area (Å²) >= 11 is 0. The fourth-order valence-electron chi connectivity index (χ4n) is 3.89. The first-order valence-electron chi connectivity index (χ1n) is 10.5. The van der Waals surface area contributed by atoms with Crippen LogP contribution in [0.1, 0.15) is 15.9 Å². The Kier molecular flexibility index (Phi) is 5.62. The highest BCUT2D eigenvalue weighted by Crippen LogP contribution is 2.39. The van der Waals surface area contributed by atoms with E-state index in [4.69, 9.17) is 4.74 Å². The summed E-state index contributed by atoms with van der Waals surface area (Å²) < 4.78 is 47.4. The topological polar surface area (TPSA) is 96.0 Å². The second kappa shape index (κ2) is 8.75. The molecule has 34 heavy (non-hydrogen) atoms. The molecule has 2 N–H and O–H groups in total. The lowest BCUT2D eigenvalue weighted by Gasteiger charge is -2.29. The van der Waals surface area contributed by atoms with E-state index in [1.165, 1.54) is 12.3 Å². The molecule has 0 bridgehead atoms. The highest BCUT2D eigenvalue weighted by Gasteiger charge is 2.35. The molecule has 1 fully saturated rings. The van der Waals surface area contributed by atoms with E-state index in [9.17, 15) is 18.0 Å². The lowest BCUT2D eigenvalue weighted by atomic mass is 10.0. The summed E-state index contributed by atoms with van der Waals surface area (Å²) in [4.78, 5) is 22.0. The number of hydrogen-bond acceptors (Lipinski definition) is 6. The van der Waals surface area contributed by atoms with Crippen LogP contribution < -0.4 is 10.2 Å². The molecule has 5 rings (SSSR count). The van der Waals surface area contributed by atoms with E-state index in [0.29, 0.717) is 37.5 Å². The van der Waals surface area contributed by atoms with Gasteiger partial charge in [0.15, 0.2) is 5.82 Å². The molecule has 1 saturated heterocycles. The largest absolute Gasteiger partial charge is 0.417 e. The third-order valence-electron chi connectivity index (χ3n) is 5.51. The summed E-state index contributed by atoms with van der Waals surface area (Å²) in [6.45, 7) is 1.97. The van der Waals surface area contributed by atoms with Gasteiger partial charge in [-0.3, -0.25) is 4.79 Å². The SMILES string of the molecule is O=C(Nc1cccnn1)c1cccc2[nH]c(-c3ccc(N4CCOCC4)cc3C(F)(F)F)nc12. The van der Waals surface area contributed by atoms with Gasteiger partial charge < -0.3 is 19.9 Å². The van der Waals surface area contributed by atoms with Gasteiger partial charge in [-0.05, 0) is 42.5 Å². The Morgan fingerprint density at radius 1 is 1.09 bits per heavy atom. The zero-order valence-electron chi connectivity index (χ0n) is 17.8. The molecule has 1 aliphatic rings. The lowest BCUT2D eigenvalue weighted by molar-refractivity contribution is -0.137. The maximum atomic E-state index is 14.0. The maximum absolute atomic E-state index is 14.0. The summed E-state index contributed by atoms with van der Waals surface area (Å²) in [5.74, 6) is -0.225. The molecule has 0 spiro atoms. The Morgan fingerprint density at radius 2 is 1.91 bits per heavy atom. The number of hydrogen-bond donors (Lipinski definition) is 2. The van der Waals surface area contributed by atoms with Crippen LogP contribution in [-0.2, 0) is 10.9 Å². The van der Waals surface area contributed by atoms with Crippen molar-refractivity contribution in [1.82, 2.24) is 20.2 Å². The standard InChI is InChI=1S/C23H19F3N6O2/c24-23(25,26)17-13-14(32-9-11-34-12-10-32)6-7-15(17)21-28-18-4-1-3-16(20(18)30-21)22(33)29-19-5-2-8-27-31-19/h1-8,13H,9-12H2,(H,28,30)(H,29,31,33). The van der Waals surface area contributed by atoms with Crippen LogP contribution in [0.25, 0.3) is 22.4 Å². The molecule has 8 nitrogen and oxygen atoms in total. The molecule has 0 radical (unpaired) electrons. The van der Waals surface area contributed by atoms with Crippen LogP contribution in [0.2, 0.25) is 0 Å². The maximum Gasteiger partial charge on any atom is 0.417 e. The molecule has 2 aromatic carbocycles. The van der Waals surface area contributed by atoms with Gasteiger partial charge in [0.25, 0.3) is 5.91 Å². The number of nitrogens with one attached hydrogen (secondary N) is 2. The molecule has 174 valence electrons. The zero-order valence-corrected chi connectivity index (χ0v) is 17.8. The van der Waals surface area contributed by atoms with Crippen molar-refractivity contribution in [1.29, 1.82) is 0 Å². The van der Waals surface area contributed by atoms with Gasteiger partial charge in [0, 0.05) is 30.5 Å². The van der Waals surface area contributed by atoms with E-state index in [-0.39, 0.29) is 28.3 Å². The van der Waals surface area contributed by atoms with Crippen LogP contribution in [0.3, 0.4) is 0 Å². The van der Waals surface area contributed by atoms with Crippen molar-refractivity contribution in [2.45, 2.75) is 6.18 Å². The number of aromatic amines is 1. The molecule has 1 amide bonds. The van der Waals surface area contributed by atoms with E-state index in [1.807, 2.05) is 4.90 Å². The third-order valence-corrected chi connectivity index (χ3v) is 5.51. The quantitative estimate of drug-likeness (QED) is 0.468. The minimum Gasteiger partial charge on any atom is -0.378 e. The molecule has 2 aromatic heterocycles. The number of fused-ring (bicyclic) bond motifs is 1. The number of ether oxygens (including phenoxy) is 1. The fourth-order valence-corrected chi connectivity index (χ4v) is 3.89. The average Bonchev–Trinajstić information content (AvgIpc) is 3.28. The van der Waals surface area contributed by atoms with Gasteiger partial charge in [0.05, 0.1) is 29.9 Å². The first kappa shape index (κ1) is 21.8. The molecular weight excluding hydrogens is 449 g/mol. The van der Waals surface area contributed by atoms with E-state index in [0.717, 1.165) is 6.07 Å². The number of benzene rings is 2. The van der Waals surface area contributed by atoms with E-state index < -0.39 is 17.6 Å². The van der Waals surface area contributed by atoms with Crippen molar-refractivity contribution in [3.63, 3.8) is 0 Å². The van der Waals surface area contributed by atoms with Crippen LogP contribution in [0, 0.1) is 0 Å². The minimum absolute atomic E-state index is 0.0237. The van der Waals surface area contributed by atoms with Crippen LogP contribution in [0.15, 0.2) is 54.7 Å². The molecule has 0 saturated carbocycles. The first-order chi connectivity index (χ1) is 16.4. The summed E-state index contributed by atoms with van der Waals surface area (Å²) in [5, 5.41) is 10.1. The predicted octanol–water partition coefficient (Wildman–Crippen LogP) is 4.13. The fraction of sp³-hybridized carbons (Fsp3) is 0.217. The Bertz CT molecular complexity index is 1330. The number of imidazole rings is 1. The number of rotatable bonds is 4. The van der Waals surface area contributed by atoms with Crippen molar-refractivity contribution in [3.05, 3.63) is 65.9 Å². The summed E-state index contributed by atoms with van der Waals surface area (Å²) in [7, 11) is 0. The second-order valence-corrected chi connectivity index (χ2v) is 7.68. The number of carbonyl (C=O) groups is 1. The van der Waals surface area contributed by atoms with Crippen molar-refractivity contribution < 1.29 is 22.7 Å². The monoisotopic (exact) mass is 468 g/mol. The normalized spacial score (nSPS) is 14.4. The number of H-pyrrole nitrogens is 1. The van der Waals surface area contributed by atoms with Gasteiger partial charge in [0.1, 0.15) is 11.3 Å². The van der Waals surface area contributed by atoms with E-state index in [1.54, 1.807) is 36.4 Å². The summed E-state index contributed by atoms with van der Waals surface area (Å²) in [5.41, 5.74) is 0.460. The Labute approximate surface area is 191 Å². The van der Waals surface area contributed by atoms with Crippen molar-refractivity contribution >= 4 is 28.4 Å². The highest BCUT2D eigenvalue weighted by molar-refractivity contribution is 6.11. The van der Waals surface area contributed by atoms with Gasteiger partial charge >= 0.3 is 6.18 Å². The molecule has 4 aromatic rings. The zero-order chi connectivity index (χ0) is 23.7. The first-order valence-corrected chi connectivity index (χ1v) is 10.5. The number of morpholine rings is 1. The third kappa shape index (κ3) is 4.29.